The summed E-state index contributed by atoms with van der Waals surface area (Å²) in [6.45, 7) is 2.33. The van der Waals surface area contributed by atoms with Gasteiger partial charge in [0, 0.05) is 36.1 Å². The molecule has 4 N–H and O–H groups in total. The number of carbonyl (C=O) groups is 3. The number of carboxylic acid groups (broad SMARTS) is 1. The van der Waals surface area contributed by atoms with E-state index >= 15 is 0 Å². The predicted molar refractivity (Wildman–Crippen MR) is 109 cm³/mol. The molecule has 164 valence electrons. The molecular formula is C21H24N4O6. The number of nitrogens with one attached hydrogen (secondary N) is 2. The van der Waals surface area contributed by atoms with Gasteiger partial charge in [0.2, 0.25) is 5.91 Å². The maximum Gasteiger partial charge on any atom is 0.407 e. The van der Waals surface area contributed by atoms with Crippen LogP contribution in [-0.4, -0.2) is 57.2 Å². The first-order valence-electron chi connectivity index (χ1n) is 9.75. The van der Waals surface area contributed by atoms with Crippen LogP contribution in [0.2, 0.25) is 0 Å². The van der Waals surface area contributed by atoms with Crippen molar-refractivity contribution < 1.29 is 29.4 Å². The van der Waals surface area contributed by atoms with Crippen LogP contribution in [0.15, 0.2) is 42.6 Å². The van der Waals surface area contributed by atoms with Gasteiger partial charge in [-0.2, -0.15) is 0 Å². The van der Waals surface area contributed by atoms with E-state index in [1.807, 2.05) is 19.1 Å². The monoisotopic (exact) mass is 428 g/mol. The Morgan fingerprint density at radius 3 is 2.61 bits per heavy atom. The molecule has 1 aromatic heterocycles. The highest BCUT2D eigenvalue weighted by Crippen LogP contribution is 2.20. The van der Waals surface area contributed by atoms with Crippen LogP contribution in [0.4, 0.5) is 4.79 Å². The summed E-state index contributed by atoms with van der Waals surface area (Å²) >= 11 is 0. The van der Waals surface area contributed by atoms with E-state index in [0.717, 1.165) is 16.2 Å². The number of benzene rings is 1. The quantitative estimate of drug-likeness (QED) is 0.404. The summed E-state index contributed by atoms with van der Waals surface area (Å²) in [5, 5.41) is 20.9. The third-order valence-corrected chi connectivity index (χ3v) is 5.27. The number of piperidine rings is 1. The fourth-order valence-electron chi connectivity index (χ4n) is 3.45. The molecule has 1 saturated heterocycles. The number of aromatic nitrogens is 1. The number of hydrogen-bond donors (Lipinski definition) is 4. The summed E-state index contributed by atoms with van der Waals surface area (Å²) in [7, 11) is 0. The van der Waals surface area contributed by atoms with E-state index in [9.17, 15) is 19.5 Å². The average Bonchev–Trinajstić information content (AvgIpc) is 2.78. The fourth-order valence-corrected chi connectivity index (χ4v) is 3.45. The van der Waals surface area contributed by atoms with Gasteiger partial charge in [-0.05, 0) is 43.7 Å². The summed E-state index contributed by atoms with van der Waals surface area (Å²) in [5.74, 6) is -1.28. The molecule has 1 aliphatic heterocycles. The van der Waals surface area contributed by atoms with Crippen LogP contribution in [0.3, 0.4) is 0 Å². The van der Waals surface area contributed by atoms with Gasteiger partial charge in [0.25, 0.3) is 5.91 Å². The maximum atomic E-state index is 12.7. The molecule has 10 heteroatoms. The molecule has 10 nitrogen and oxygen atoms in total. The second-order valence-corrected chi connectivity index (χ2v) is 7.24. The van der Waals surface area contributed by atoms with E-state index in [1.165, 1.54) is 0 Å². The molecule has 3 amide bonds. The lowest BCUT2D eigenvalue weighted by atomic mass is 9.90. The number of rotatable bonds is 6. The standard InChI is InChI=1S/C21H24N4O6/c1-13-15(3-2-9-22-13)12-31-16-6-4-14(5-7-16)19(26)23-18-11-25(21(28)29)10-8-17(18)20(27)24-30/h2-7,9,17-18,30H,8,10-12H2,1H3,(H,23,26)(H,24,27)(H,28,29)/t17-,18+/m0/s1. The Kier molecular flexibility index (Phi) is 7.03. The van der Waals surface area contributed by atoms with Gasteiger partial charge in [0.05, 0.1) is 12.0 Å². The van der Waals surface area contributed by atoms with Crippen molar-refractivity contribution in [2.75, 3.05) is 13.1 Å². The lowest BCUT2D eigenvalue weighted by molar-refractivity contribution is -0.135. The Morgan fingerprint density at radius 2 is 1.97 bits per heavy atom. The van der Waals surface area contributed by atoms with E-state index in [0.29, 0.717) is 17.9 Å². The van der Waals surface area contributed by atoms with Crippen LogP contribution in [0.25, 0.3) is 0 Å². The molecule has 2 aromatic rings. The molecule has 0 saturated carbocycles. The molecule has 0 spiro atoms. The molecule has 0 unspecified atom stereocenters. The van der Waals surface area contributed by atoms with Crippen LogP contribution >= 0.6 is 0 Å². The number of ether oxygens (including phenoxy) is 1. The normalized spacial score (nSPS) is 18.2. The van der Waals surface area contributed by atoms with Gasteiger partial charge in [-0.1, -0.05) is 6.07 Å². The number of hydrogen-bond acceptors (Lipinski definition) is 6. The predicted octanol–water partition coefficient (Wildman–Crippen LogP) is 1.57. The van der Waals surface area contributed by atoms with Crippen LogP contribution < -0.4 is 15.5 Å². The van der Waals surface area contributed by atoms with Crippen molar-refractivity contribution in [3.05, 3.63) is 59.4 Å². The molecule has 1 fully saturated rings. The van der Waals surface area contributed by atoms with Crippen molar-refractivity contribution in [2.45, 2.75) is 26.0 Å². The van der Waals surface area contributed by atoms with Gasteiger partial charge < -0.3 is 20.1 Å². The molecule has 2 atom stereocenters. The molecule has 1 aromatic carbocycles. The Hall–Kier alpha value is -3.66. The Balaban J connectivity index is 1.63. The number of aryl methyl sites for hydroxylation is 1. The molecule has 0 aliphatic carbocycles. The summed E-state index contributed by atoms with van der Waals surface area (Å²) in [6.07, 6.45) is 0.764. The van der Waals surface area contributed by atoms with Gasteiger partial charge in [0.15, 0.2) is 0 Å². The summed E-state index contributed by atoms with van der Waals surface area (Å²) in [4.78, 5) is 41.2. The molecule has 1 aliphatic rings. The smallest absolute Gasteiger partial charge is 0.407 e. The zero-order valence-corrected chi connectivity index (χ0v) is 16.9. The van der Waals surface area contributed by atoms with Crippen molar-refractivity contribution in [2.24, 2.45) is 5.92 Å². The Bertz CT molecular complexity index is 949. The third kappa shape index (κ3) is 5.48. The first-order chi connectivity index (χ1) is 14.9. The molecular weight excluding hydrogens is 404 g/mol. The Labute approximate surface area is 178 Å². The van der Waals surface area contributed by atoms with Crippen molar-refractivity contribution in [1.29, 1.82) is 0 Å². The number of pyridine rings is 1. The van der Waals surface area contributed by atoms with Crippen molar-refractivity contribution >= 4 is 17.9 Å². The van der Waals surface area contributed by atoms with Crippen LogP contribution in [0.5, 0.6) is 5.75 Å². The van der Waals surface area contributed by atoms with Crippen molar-refractivity contribution in [1.82, 2.24) is 20.7 Å². The van der Waals surface area contributed by atoms with Crippen LogP contribution in [-0.2, 0) is 11.4 Å². The van der Waals surface area contributed by atoms with E-state index in [2.05, 4.69) is 10.3 Å². The highest BCUT2D eigenvalue weighted by Gasteiger charge is 2.36. The molecule has 2 heterocycles. The number of nitrogens with zero attached hydrogens (tertiary/aromatic N) is 2. The summed E-state index contributed by atoms with van der Waals surface area (Å²) in [6, 6.07) is 9.47. The lowest BCUT2D eigenvalue weighted by Crippen LogP contribution is -2.57. The van der Waals surface area contributed by atoms with Crippen molar-refractivity contribution in [3.63, 3.8) is 0 Å². The van der Waals surface area contributed by atoms with E-state index in [4.69, 9.17) is 9.94 Å². The first-order valence-corrected chi connectivity index (χ1v) is 9.75. The summed E-state index contributed by atoms with van der Waals surface area (Å²) < 4.78 is 5.74. The van der Waals surface area contributed by atoms with Crippen LogP contribution in [0.1, 0.15) is 28.0 Å². The minimum atomic E-state index is -1.13. The topological polar surface area (TPSA) is 141 Å². The Morgan fingerprint density at radius 1 is 1.23 bits per heavy atom. The number of hydroxylamine groups is 1. The lowest BCUT2D eigenvalue weighted by Gasteiger charge is -2.36. The third-order valence-electron chi connectivity index (χ3n) is 5.27. The SMILES string of the molecule is Cc1ncccc1COc1ccc(C(=O)N[C@@H]2CN(C(=O)O)CC[C@@H]2C(=O)NO)cc1. The second-order valence-electron chi connectivity index (χ2n) is 7.24. The van der Waals surface area contributed by atoms with E-state index in [1.54, 1.807) is 35.9 Å². The van der Waals surface area contributed by atoms with E-state index < -0.39 is 29.9 Å². The minimum absolute atomic E-state index is 0.0508. The van der Waals surface area contributed by atoms with Gasteiger partial charge in [0.1, 0.15) is 12.4 Å². The zero-order valence-electron chi connectivity index (χ0n) is 16.9. The average molecular weight is 428 g/mol. The van der Waals surface area contributed by atoms with E-state index in [-0.39, 0.29) is 19.5 Å². The molecule has 0 bridgehead atoms. The number of carbonyl (C=O) groups excluding carboxylic acids is 2. The zero-order chi connectivity index (χ0) is 22.4. The minimum Gasteiger partial charge on any atom is -0.489 e. The molecule has 31 heavy (non-hydrogen) atoms. The van der Waals surface area contributed by atoms with Gasteiger partial charge in [-0.15, -0.1) is 0 Å². The highest BCUT2D eigenvalue weighted by atomic mass is 16.5. The summed E-state index contributed by atoms with van der Waals surface area (Å²) in [5.41, 5.74) is 3.75. The highest BCUT2D eigenvalue weighted by molar-refractivity contribution is 5.95. The molecule has 3 rings (SSSR count). The second kappa shape index (κ2) is 9.90. The van der Waals surface area contributed by atoms with Crippen molar-refractivity contribution in [3.8, 4) is 5.75 Å². The van der Waals surface area contributed by atoms with Gasteiger partial charge in [-0.25, -0.2) is 10.3 Å². The molecule has 0 radical (unpaired) electrons. The van der Waals surface area contributed by atoms with Crippen LogP contribution in [0, 0.1) is 12.8 Å². The largest absolute Gasteiger partial charge is 0.489 e. The van der Waals surface area contributed by atoms with Gasteiger partial charge >= 0.3 is 6.09 Å². The first kappa shape index (κ1) is 22.0. The van der Waals surface area contributed by atoms with Gasteiger partial charge in [-0.3, -0.25) is 19.8 Å². The number of likely N-dealkylation sites (tertiary alicyclic amines) is 1. The number of amides is 3. The maximum absolute atomic E-state index is 12.7. The fraction of sp³-hybridized carbons (Fsp3) is 0.333.